The molecule has 184 valence electrons. The minimum absolute atomic E-state index is 0.117. The van der Waals surface area contributed by atoms with Gasteiger partial charge in [-0.3, -0.25) is 4.79 Å². The van der Waals surface area contributed by atoms with E-state index in [0.717, 1.165) is 11.3 Å². The molecule has 36 heavy (non-hydrogen) atoms. The molecule has 0 amide bonds. The van der Waals surface area contributed by atoms with Gasteiger partial charge < -0.3 is 23.8 Å². The lowest BCUT2D eigenvalue weighted by Gasteiger charge is -2.23. The van der Waals surface area contributed by atoms with Gasteiger partial charge in [-0.25, -0.2) is 4.79 Å². The van der Waals surface area contributed by atoms with Crippen molar-refractivity contribution in [3.8, 4) is 28.5 Å². The highest BCUT2D eigenvalue weighted by atomic mass is 16.5. The van der Waals surface area contributed by atoms with Crippen molar-refractivity contribution < 1.29 is 33.4 Å². The van der Waals surface area contributed by atoms with Crippen LogP contribution >= 0.6 is 0 Å². The van der Waals surface area contributed by atoms with Crippen molar-refractivity contribution in [2.24, 2.45) is 0 Å². The second-order valence-electron chi connectivity index (χ2n) is 8.47. The molecule has 0 saturated heterocycles. The lowest BCUT2D eigenvalue weighted by Crippen LogP contribution is -2.38. The number of benzene rings is 3. The molecular formula is C28H25NO7. The first-order valence-corrected chi connectivity index (χ1v) is 11.2. The van der Waals surface area contributed by atoms with Gasteiger partial charge in [-0.15, -0.1) is 0 Å². The first kappa shape index (κ1) is 24.5. The van der Waals surface area contributed by atoms with Gasteiger partial charge in [0.05, 0.1) is 12.7 Å². The fraction of sp³-hybridized carbons (Fsp3) is 0.179. The van der Waals surface area contributed by atoms with Crippen LogP contribution in [0.5, 0.6) is 17.2 Å². The number of carboxylic acid groups (broad SMARTS) is 1. The molecule has 0 aliphatic carbocycles. The molecule has 0 aliphatic rings. The molecule has 4 rings (SSSR count). The summed E-state index contributed by atoms with van der Waals surface area (Å²) in [6, 6.07) is 22.8. The topological polar surface area (TPSA) is 108 Å². The molecular weight excluding hydrogens is 462 g/mol. The van der Waals surface area contributed by atoms with E-state index >= 15 is 0 Å². The number of carbonyl (C=O) groups excluding carboxylic acids is 1. The Kier molecular flexibility index (Phi) is 7.05. The predicted molar refractivity (Wildman–Crippen MR) is 131 cm³/mol. The second-order valence-corrected chi connectivity index (χ2v) is 8.47. The van der Waals surface area contributed by atoms with E-state index in [2.05, 4.69) is 5.16 Å². The summed E-state index contributed by atoms with van der Waals surface area (Å²) in [6.45, 7) is 2.99. The molecule has 8 nitrogen and oxygen atoms in total. The van der Waals surface area contributed by atoms with Crippen molar-refractivity contribution >= 4 is 11.8 Å². The van der Waals surface area contributed by atoms with E-state index in [-0.39, 0.29) is 23.7 Å². The molecule has 1 heterocycles. The number of hydrogen-bond acceptors (Lipinski definition) is 7. The predicted octanol–water partition coefficient (Wildman–Crippen LogP) is 5.40. The summed E-state index contributed by atoms with van der Waals surface area (Å²) in [6.07, 6.45) is 0. The van der Waals surface area contributed by atoms with Crippen LogP contribution in [0.4, 0.5) is 0 Å². The first-order valence-electron chi connectivity index (χ1n) is 11.2. The molecule has 8 heteroatoms. The third-order valence-corrected chi connectivity index (χ3v) is 5.44. The molecule has 0 saturated carbocycles. The third-order valence-electron chi connectivity index (χ3n) is 5.44. The number of hydrogen-bond donors (Lipinski definition) is 1. The van der Waals surface area contributed by atoms with Gasteiger partial charge in [0.2, 0.25) is 0 Å². The Bertz CT molecular complexity index is 1360. The Labute approximate surface area is 208 Å². The summed E-state index contributed by atoms with van der Waals surface area (Å²) < 4.78 is 22.0. The average molecular weight is 488 g/mol. The zero-order chi connectivity index (χ0) is 25.7. The van der Waals surface area contributed by atoms with Crippen LogP contribution in [0.1, 0.15) is 35.5 Å². The van der Waals surface area contributed by atoms with Crippen LogP contribution in [0.15, 0.2) is 83.4 Å². The molecule has 1 aromatic heterocycles. The van der Waals surface area contributed by atoms with Crippen LogP contribution in [0.3, 0.4) is 0 Å². The van der Waals surface area contributed by atoms with Crippen molar-refractivity contribution in [1.29, 1.82) is 0 Å². The number of ketones is 1. The number of nitrogens with zero attached hydrogens (tertiary/aromatic N) is 1. The zero-order valence-corrected chi connectivity index (χ0v) is 20.1. The number of aromatic nitrogens is 1. The van der Waals surface area contributed by atoms with Crippen molar-refractivity contribution in [2.45, 2.75) is 26.1 Å². The standard InChI is InChI=1S/C28H25NO7/c1-28(2,27(31)32)35-25-16-21(33-3)13-14-23(25)26(30)19-9-11-20(12-10-19)34-17-22-15-24(29-36-22)18-7-5-4-6-8-18/h4-16H,17H2,1-3H3,(H,31,32). The zero-order valence-electron chi connectivity index (χ0n) is 20.1. The van der Waals surface area contributed by atoms with E-state index < -0.39 is 11.6 Å². The molecule has 0 spiro atoms. The maximum atomic E-state index is 13.2. The van der Waals surface area contributed by atoms with Gasteiger partial charge >= 0.3 is 5.97 Å². The van der Waals surface area contributed by atoms with Crippen molar-refractivity contribution in [3.05, 3.63) is 95.7 Å². The van der Waals surface area contributed by atoms with Gasteiger partial charge in [-0.05, 0) is 50.2 Å². The van der Waals surface area contributed by atoms with Crippen molar-refractivity contribution in [1.82, 2.24) is 5.16 Å². The summed E-state index contributed by atoms with van der Waals surface area (Å²) in [7, 11) is 1.48. The molecule has 0 fully saturated rings. The largest absolute Gasteiger partial charge is 0.497 e. The number of ether oxygens (including phenoxy) is 3. The van der Waals surface area contributed by atoms with Crippen LogP contribution < -0.4 is 14.2 Å². The molecule has 0 radical (unpaired) electrons. The molecule has 0 atom stereocenters. The normalized spacial score (nSPS) is 11.1. The Balaban J connectivity index is 1.47. The van der Waals surface area contributed by atoms with Crippen LogP contribution in [0.2, 0.25) is 0 Å². The summed E-state index contributed by atoms with van der Waals surface area (Å²) >= 11 is 0. The fourth-order valence-corrected chi connectivity index (χ4v) is 3.36. The maximum absolute atomic E-state index is 13.2. The summed E-state index contributed by atoms with van der Waals surface area (Å²) in [5.41, 5.74) is 0.730. The highest BCUT2D eigenvalue weighted by molar-refractivity contribution is 6.11. The second kappa shape index (κ2) is 10.4. The molecule has 0 aliphatic heterocycles. The van der Waals surface area contributed by atoms with Gasteiger partial charge in [0.25, 0.3) is 0 Å². The number of rotatable bonds is 10. The summed E-state index contributed by atoms with van der Waals surface area (Å²) in [5.74, 6) is 0.175. The average Bonchev–Trinajstić information content (AvgIpc) is 3.37. The molecule has 0 unspecified atom stereocenters. The Morgan fingerprint density at radius 1 is 0.944 bits per heavy atom. The number of methoxy groups -OCH3 is 1. The van der Waals surface area contributed by atoms with E-state index in [0.29, 0.717) is 22.8 Å². The Morgan fingerprint density at radius 3 is 2.31 bits per heavy atom. The van der Waals surface area contributed by atoms with Crippen LogP contribution in [0.25, 0.3) is 11.3 Å². The smallest absolute Gasteiger partial charge is 0.347 e. The van der Waals surface area contributed by atoms with Crippen LogP contribution in [0, 0.1) is 0 Å². The molecule has 0 bridgehead atoms. The number of carboxylic acids is 1. The Hall–Kier alpha value is -4.59. The molecule has 1 N–H and O–H groups in total. The third kappa shape index (κ3) is 5.55. The van der Waals surface area contributed by atoms with E-state index in [1.54, 1.807) is 36.4 Å². The highest BCUT2D eigenvalue weighted by Gasteiger charge is 2.31. The number of aliphatic carboxylic acids is 1. The van der Waals surface area contributed by atoms with E-state index in [9.17, 15) is 14.7 Å². The van der Waals surface area contributed by atoms with E-state index in [4.69, 9.17) is 18.7 Å². The molecule has 3 aromatic carbocycles. The van der Waals surface area contributed by atoms with Crippen molar-refractivity contribution in [2.75, 3.05) is 7.11 Å². The lowest BCUT2D eigenvalue weighted by atomic mass is 10.0. The van der Waals surface area contributed by atoms with Crippen LogP contribution in [-0.4, -0.2) is 34.7 Å². The minimum Gasteiger partial charge on any atom is -0.497 e. The summed E-state index contributed by atoms with van der Waals surface area (Å²) in [5, 5.41) is 13.5. The minimum atomic E-state index is -1.54. The van der Waals surface area contributed by atoms with Gasteiger partial charge in [-0.1, -0.05) is 35.5 Å². The van der Waals surface area contributed by atoms with Gasteiger partial charge in [0.15, 0.2) is 17.1 Å². The van der Waals surface area contributed by atoms with E-state index in [1.165, 1.54) is 27.0 Å². The van der Waals surface area contributed by atoms with Crippen LogP contribution in [-0.2, 0) is 11.4 Å². The van der Waals surface area contributed by atoms with Crippen molar-refractivity contribution in [3.63, 3.8) is 0 Å². The van der Waals surface area contributed by atoms with E-state index in [1.807, 2.05) is 36.4 Å². The first-order chi connectivity index (χ1) is 17.3. The lowest BCUT2D eigenvalue weighted by molar-refractivity contribution is -0.152. The fourth-order valence-electron chi connectivity index (χ4n) is 3.36. The molecule has 4 aromatic rings. The SMILES string of the molecule is COc1ccc(C(=O)c2ccc(OCc3cc(-c4ccccc4)no3)cc2)c(OC(C)(C)C(=O)O)c1. The maximum Gasteiger partial charge on any atom is 0.347 e. The number of carbonyl (C=O) groups is 2. The Morgan fingerprint density at radius 2 is 1.64 bits per heavy atom. The van der Waals surface area contributed by atoms with Gasteiger partial charge in [0.1, 0.15) is 29.5 Å². The highest BCUT2D eigenvalue weighted by Crippen LogP contribution is 2.31. The van der Waals surface area contributed by atoms with Gasteiger partial charge in [-0.2, -0.15) is 0 Å². The summed E-state index contributed by atoms with van der Waals surface area (Å²) in [4.78, 5) is 24.8. The quantitative estimate of drug-likeness (QED) is 0.296. The van der Waals surface area contributed by atoms with Gasteiger partial charge in [0, 0.05) is 23.3 Å². The monoisotopic (exact) mass is 487 g/mol.